The van der Waals surface area contributed by atoms with E-state index >= 15 is 0 Å². The van der Waals surface area contributed by atoms with Crippen LogP contribution in [0.25, 0.3) is 0 Å². The van der Waals surface area contributed by atoms with Gasteiger partial charge in [-0.05, 0) is 43.1 Å². The fourth-order valence-corrected chi connectivity index (χ4v) is 3.15. The zero-order valence-corrected chi connectivity index (χ0v) is 12.2. The first-order chi connectivity index (χ1) is 9.35. The number of hydrogen-bond donors (Lipinski definition) is 1. The Bertz CT molecular complexity index is 488. The third-order valence-corrected chi connectivity index (χ3v) is 4.34. The van der Waals surface area contributed by atoms with E-state index in [0.717, 1.165) is 34.9 Å². The summed E-state index contributed by atoms with van der Waals surface area (Å²) in [6.45, 7) is 3.07. The Hall–Kier alpha value is -1.40. The summed E-state index contributed by atoms with van der Waals surface area (Å²) >= 11 is 1.73. The first-order valence-corrected chi connectivity index (χ1v) is 7.88. The van der Waals surface area contributed by atoms with E-state index in [1.165, 1.54) is 12.8 Å². The fourth-order valence-electron chi connectivity index (χ4n) is 2.37. The molecule has 1 aromatic rings. The standard InChI is InChI=1S/C16H20N2S/c1-2-19-16-10-6-9-15(14(16)11-17)18-12-13-7-4-3-5-8-13/h3-4,6,9-10,13,18H,2,5,7-8,12H2,1H3. The molecule has 19 heavy (non-hydrogen) atoms. The normalized spacial score (nSPS) is 18.0. The summed E-state index contributed by atoms with van der Waals surface area (Å²) in [5.41, 5.74) is 1.77. The largest absolute Gasteiger partial charge is 0.384 e. The van der Waals surface area contributed by atoms with Crippen molar-refractivity contribution in [2.45, 2.75) is 31.1 Å². The second-order valence-corrected chi connectivity index (χ2v) is 6.06. The van der Waals surface area contributed by atoms with E-state index in [2.05, 4.69) is 30.5 Å². The molecule has 1 atom stereocenters. The molecule has 0 spiro atoms. The van der Waals surface area contributed by atoms with Crippen molar-refractivity contribution in [1.82, 2.24) is 0 Å². The Labute approximate surface area is 119 Å². The predicted octanol–water partition coefficient (Wildman–Crippen LogP) is 4.44. The number of anilines is 1. The van der Waals surface area contributed by atoms with Crippen molar-refractivity contribution in [3.8, 4) is 6.07 Å². The maximum Gasteiger partial charge on any atom is 0.102 e. The van der Waals surface area contributed by atoms with Gasteiger partial charge in [0.05, 0.1) is 11.3 Å². The lowest BCUT2D eigenvalue weighted by molar-refractivity contribution is 0.504. The number of nitrogens with one attached hydrogen (secondary N) is 1. The molecule has 2 rings (SSSR count). The summed E-state index contributed by atoms with van der Waals surface area (Å²) in [7, 11) is 0. The van der Waals surface area contributed by atoms with Gasteiger partial charge in [0.1, 0.15) is 6.07 Å². The minimum atomic E-state index is 0.694. The van der Waals surface area contributed by atoms with Crippen molar-refractivity contribution >= 4 is 17.4 Å². The van der Waals surface area contributed by atoms with Crippen LogP contribution < -0.4 is 5.32 Å². The monoisotopic (exact) mass is 272 g/mol. The molecule has 1 aliphatic carbocycles. The van der Waals surface area contributed by atoms with Crippen LogP contribution in [0.3, 0.4) is 0 Å². The lowest BCUT2D eigenvalue weighted by Gasteiger charge is -2.19. The minimum Gasteiger partial charge on any atom is -0.384 e. The first kappa shape index (κ1) is 14.0. The number of nitriles is 1. The third-order valence-electron chi connectivity index (χ3n) is 3.40. The topological polar surface area (TPSA) is 35.8 Å². The molecular weight excluding hydrogens is 252 g/mol. The second kappa shape index (κ2) is 7.25. The van der Waals surface area contributed by atoms with E-state index in [1.807, 2.05) is 18.2 Å². The molecule has 3 heteroatoms. The van der Waals surface area contributed by atoms with Gasteiger partial charge in [-0.1, -0.05) is 25.1 Å². The zero-order valence-electron chi connectivity index (χ0n) is 11.4. The maximum absolute atomic E-state index is 9.35. The molecule has 0 radical (unpaired) electrons. The highest BCUT2D eigenvalue weighted by Crippen LogP contribution is 2.28. The minimum absolute atomic E-state index is 0.694. The SMILES string of the molecule is CCSc1cccc(NCC2CC=CCC2)c1C#N. The second-order valence-electron chi connectivity index (χ2n) is 4.75. The quantitative estimate of drug-likeness (QED) is 0.636. The van der Waals surface area contributed by atoms with E-state index < -0.39 is 0 Å². The molecule has 0 aliphatic heterocycles. The molecule has 0 heterocycles. The highest BCUT2D eigenvalue weighted by atomic mass is 32.2. The van der Waals surface area contributed by atoms with Crippen molar-refractivity contribution in [3.05, 3.63) is 35.9 Å². The smallest absolute Gasteiger partial charge is 0.102 e. The van der Waals surface area contributed by atoms with Crippen LogP contribution in [-0.4, -0.2) is 12.3 Å². The van der Waals surface area contributed by atoms with Crippen LogP contribution in [0.4, 0.5) is 5.69 Å². The zero-order chi connectivity index (χ0) is 13.5. The van der Waals surface area contributed by atoms with E-state index in [9.17, 15) is 5.26 Å². The van der Waals surface area contributed by atoms with Crippen LogP contribution in [0.5, 0.6) is 0 Å². The van der Waals surface area contributed by atoms with Crippen LogP contribution in [0.15, 0.2) is 35.2 Å². The van der Waals surface area contributed by atoms with Crippen LogP contribution in [0, 0.1) is 17.2 Å². The predicted molar refractivity (Wildman–Crippen MR) is 82.5 cm³/mol. The van der Waals surface area contributed by atoms with Gasteiger partial charge in [0, 0.05) is 11.4 Å². The van der Waals surface area contributed by atoms with Gasteiger partial charge in [-0.15, -0.1) is 11.8 Å². The molecule has 0 saturated heterocycles. The highest BCUT2D eigenvalue weighted by Gasteiger charge is 2.12. The molecule has 0 bridgehead atoms. The molecule has 0 fully saturated rings. The highest BCUT2D eigenvalue weighted by molar-refractivity contribution is 7.99. The molecule has 1 unspecified atom stereocenters. The van der Waals surface area contributed by atoms with E-state index in [0.29, 0.717) is 5.92 Å². The molecule has 1 N–H and O–H groups in total. The van der Waals surface area contributed by atoms with Gasteiger partial charge >= 0.3 is 0 Å². The molecule has 2 nitrogen and oxygen atoms in total. The number of allylic oxidation sites excluding steroid dienone is 2. The fraction of sp³-hybridized carbons (Fsp3) is 0.438. The van der Waals surface area contributed by atoms with Gasteiger partial charge in [0.2, 0.25) is 0 Å². The first-order valence-electron chi connectivity index (χ1n) is 6.90. The van der Waals surface area contributed by atoms with Crippen LogP contribution in [0.1, 0.15) is 31.7 Å². The average Bonchev–Trinajstić information content (AvgIpc) is 2.46. The van der Waals surface area contributed by atoms with Gasteiger partial charge in [-0.3, -0.25) is 0 Å². The summed E-state index contributed by atoms with van der Waals surface area (Å²) in [6, 6.07) is 8.41. The Kier molecular flexibility index (Phi) is 5.35. The number of benzene rings is 1. The molecular formula is C16H20N2S. The Morgan fingerprint density at radius 1 is 1.42 bits per heavy atom. The molecule has 1 aliphatic rings. The Morgan fingerprint density at radius 3 is 3.00 bits per heavy atom. The van der Waals surface area contributed by atoms with E-state index in [4.69, 9.17) is 0 Å². The van der Waals surface area contributed by atoms with Gasteiger partial charge in [-0.2, -0.15) is 5.26 Å². The number of thioether (sulfide) groups is 1. The average molecular weight is 272 g/mol. The van der Waals surface area contributed by atoms with Gasteiger partial charge in [0.25, 0.3) is 0 Å². The van der Waals surface area contributed by atoms with Crippen LogP contribution in [-0.2, 0) is 0 Å². The number of nitrogens with zero attached hydrogens (tertiary/aromatic N) is 1. The lowest BCUT2D eigenvalue weighted by Crippen LogP contribution is -2.16. The molecule has 0 saturated carbocycles. The third kappa shape index (κ3) is 3.78. The molecule has 0 amide bonds. The number of rotatable bonds is 5. The summed E-state index contributed by atoms with van der Waals surface area (Å²) in [5.74, 6) is 1.69. The molecule has 100 valence electrons. The van der Waals surface area contributed by atoms with Crippen LogP contribution in [0.2, 0.25) is 0 Å². The molecule has 1 aromatic carbocycles. The van der Waals surface area contributed by atoms with Crippen molar-refractivity contribution in [1.29, 1.82) is 5.26 Å². The van der Waals surface area contributed by atoms with Crippen LogP contribution >= 0.6 is 11.8 Å². The summed E-state index contributed by atoms with van der Waals surface area (Å²) < 4.78 is 0. The lowest BCUT2D eigenvalue weighted by atomic mass is 9.94. The summed E-state index contributed by atoms with van der Waals surface area (Å²) in [5, 5.41) is 12.8. The number of hydrogen-bond acceptors (Lipinski definition) is 3. The van der Waals surface area contributed by atoms with Crippen molar-refractivity contribution in [2.24, 2.45) is 5.92 Å². The maximum atomic E-state index is 9.35. The van der Waals surface area contributed by atoms with E-state index in [1.54, 1.807) is 11.8 Å². The van der Waals surface area contributed by atoms with E-state index in [-0.39, 0.29) is 0 Å². The molecule has 0 aromatic heterocycles. The summed E-state index contributed by atoms with van der Waals surface area (Å²) in [6.07, 6.45) is 8.11. The van der Waals surface area contributed by atoms with Gasteiger partial charge in [-0.25, -0.2) is 0 Å². The Morgan fingerprint density at radius 2 is 2.32 bits per heavy atom. The van der Waals surface area contributed by atoms with Gasteiger partial charge < -0.3 is 5.32 Å². The Balaban J connectivity index is 2.05. The van der Waals surface area contributed by atoms with Crippen molar-refractivity contribution < 1.29 is 0 Å². The van der Waals surface area contributed by atoms with Gasteiger partial charge in [0.15, 0.2) is 0 Å². The summed E-state index contributed by atoms with van der Waals surface area (Å²) in [4.78, 5) is 1.08. The van der Waals surface area contributed by atoms with Crippen molar-refractivity contribution in [3.63, 3.8) is 0 Å². The van der Waals surface area contributed by atoms with Crippen molar-refractivity contribution in [2.75, 3.05) is 17.6 Å².